The lowest BCUT2D eigenvalue weighted by atomic mass is 9.46. The number of rotatable bonds is 6. The van der Waals surface area contributed by atoms with E-state index in [1.54, 1.807) is 12.1 Å². The van der Waals surface area contributed by atoms with Gasteiger partial charge < -0.3 is 5.11 Å². The van der Waals surface area contributed by atoms with Gasteiger partial charge in [-0.3, -0.25) is 4.79 Å². The lowest BCUT2D eigenvalue weighted by molar-refractivity contribution is -0.0738. The molecule has 1 fully saturated rings. The second-order valence-electron chi connectivity index (χ2n) is 10.9. The zero-order valence-electron chi connectivity index (χ0n) is 22.7. The molecule has 0 unspecified atom stereocenters. The van der Waals surface area contributed by atoms with Crippen LogP contribution in [0.3, 0.4) is 0 Å². The van der Waals surface area contributed by atoms with Crippen LogP contribution in [0.1, 0.15) is 50.9 Å². The first-order chi connectivity index (χ1) is 20.1. The van der Waals surface area contributed by atoms with Crippen molar-refractivity contribution in [2.75, 3.05) is 0 Å². The third-order valence-corrected chi connectivity index (χ3v) is 8.81. The zero-order valence-corrected chi connectivity index (χ0v) is 22.7. The van der Waals surface area contributed by atoms with Crippen LogP contribution >= 0.6 is 0 Å². The van der Waals surface area contributed by atoms with Crippen LogP contribution in [0, 0.1) is 17.2 Å². The van der Waals surface area contributed by atoms with Crippen molar-refractivity contribution in [3.8, 4) is 6.07 Å². The fourth-order valence-electron chi connectivity index (χ4n) is 7.02. The average Bonchev–Trinajstić information content (AvgIpc) is 3.06. The molecule has 1 aliphatic carbocycles. The fraction of sp³-hybridized carbons (Fsp3) is 0.158. The number of Topliss-reactive ketones (excluding diaryl/α,β-unsaturated/α-hetero) is 1. The van der Waals surface area contributed by atoms with Gasteiger partial charge >= 0.3 is 0 Å². The number of ketones is 1. The minimum absolute atomic E-state index is 0.173. The summed E-state index contributed by atoms with van der Waals surface area (Å²) >= 11 is 0. The SMILES string of the molecule is N#C[C@]1(c2ccccc2)[C@@H](c2ccccc2)C[C@@](O)(c2ccccc2)[C@H](C(=O)c2ccccc2)[C@@H]1c1ccccc1. The van der Waals surface area contributed by atoms with E-state index in [0.29, 0.717) is 11.1 Å². The van der Waals surface area contributed by atoms with E-state index < -0.39 is 28.8 Å². The summed E-state index contributed by atoms with van der Waals surface area (Å²) in [5.74, 6) is -2.18. The molecule has 6 rings (SSSR count). The molecule has 5 aromatic carbocycles. The molecular weight excluding hydrogens is 502 g/mol. The second kappa shape index (κ2) is 11.0. The van der Waals surface area contributed by atoms with Crippen molar-refractivity contribution in [2.45, 2.75) is 29.3 Å². The van der Waals surface area contributed by atoms with Crippen LogP contribution in [0.15, 0.2) is 152 Å². The molecule has 0 aliphatic heterocycles. The second-order valence-corrected chi connectivity index (χ2v) is 10.9. The van der Waals surface area contributed by atoms with Gasteiger partial charge in [0, 0.05) is 17.4 Å². The molecule has 0 aromatic heterocycles. The van der Waals surface area contributed by atoms with Gasteiger partial charge in [-0.1, -0.05) is 152 Å². The summed E-state index contributed by atoms with van der Waals surface area (Å²) in [4.78, 5) is 14.8. The summed E-state index contributed by atoms with van der Waals surface area (Å²) in [6.45, 7) is 0. The highest BCUT2D eigenvalue weighted by Crippen LogP contribution is 2.63. The number of aliphatic hydroxyl groups is 1. The summed E-state index contributed by atoms with van der Waals surface area (Å²) in [5, 5.41) is 24.5. The number of nitrogens with zero attached hydrogens (tertiary/aromatic N) is 1. The van der Waals surface area contributed by atoms with Crippen molar-refractivity contribution in [3.05, 3.63) is 179 Å². The molecule has 0 amide bonds. The Bertz CT molecular complexity index is 1650. The molecule has 0 bridgehead atoms. The van der Waals surface area contributed by atoms with E-state index in [4.69, 9.17) is 0 Å². The van der Waals surface area contributed by atoms with Gasteiger partial charge in [-0.2, -0.15) is 5.26 Å². The smallest absolute Gasteiger partial charge is 0.169 e. The monoisotopic (exact) mass is 533 g/mol. The van der Waals surface area contributed by atoms with E-state index in [1.807, 2.05) is 140 Å². The molecule has 200 valence electrons. The van der Waals surface area contributed by atoms with Crippen LogP contribution in [-0.4, -0.2) is 10.9 Å². The standard InChI is InChI=1S/C38H31NO2/c39-27-37(31-22-12-4-13-23-31)33(28-16-6-1-7-17-28)26-38(41,32-24-14-5-15-25-32)35(34(37)29-18-8-2-9-19-29)36(40)30-20-10-3-11-21-30/h1-25,33-35,41H,26H2/t33-,34+,35+,37+,38-/m1/s1. The van der Waals surface area contributed by atoms with E-state index >= 15 is 0 Å². The van der Waals surface area contributed by atoms with Crippen molar-refractivity contribution < 1.29 is 9.90 Å². The zero-order chi connectivity index (χ0) is 28.3. The minimum atomic E-state index is -1.55. The van der Waals surface area contributed by atoms with Crippen molar-refractivity contribution in [1.82, 2.24) is 0 Å². The Kier molecular flexibility index (Phi) is 7.10. The number of carbonyl (C=O) groups excluding carboxylic acids is 1. The van der Waals surface area contributed by atoms with E-state index in [1.165, 1.54) is 0 Å². The molecule has 5 atom stereocenters. The quantitative estimate of drug-likeness (QED) is 0.227. The Hall–Kier alpha value is -4.78. The molecule has 3 heteroatoms. The van der Waals surface area contributed by atoms with Gasteiger partial charge in [0.05, 0.1) is 17.4 Å². The highest BCUT2D eigenvalue weighted by atomic mass is 16.3. The van der Waals surface area contributed by atoms with E-state index in [9.17, 15) is 15.2 Å². The Morgan fingerprint density at radius 3 is 1.59 bits per heavy atom. The Balaban J connectivity index is 1.73. The predicted octanol–water partition coefficient (Wildman–Crippen LogP) is 7.81. The number of carbonyl (C=O) groups is 1. The molecule has 41 heavy (non-hydrogen) atoms. The van der Waals surface area contributed by atoms with Crippen LogP contribution in [0.5, 0.6) is 0 Å². The van der Waals surface area contributed by atoms with Crippen LogP contribution in [-0.2, 0) is 11.0 Å². The summed E-state index contributed by atoms with van der Waals surface area (Å²) in [7, 11) is 0. The average molecular weight is 534 g/mol. The van der Waals surface area contributed by atoms with Crippen LogP contribution in [0.4, 0.5) is 0 Å². The first-order valence-electron chi connectivity index (χ1n) is 14.0. The maximum Gasteiger partial charge on any atom is 0.169 e. The van der Waals surface area contributed by atoms with Gasteiger partial charge in [-0.15, -0.1) is 0 Å². The van der Waals surface area contributed by atoms with E-state index in [2.05, 4.69) is 6.07 Å². The summed E-state index contributed by atoms with van der Waals surface area (Å²) in [6.07, 6.45) is 0.204. The third-order valence-electron chi connectivity index (χ3n) is 8.81. The first kappa shape index (κ1) is 26.4. The third kappa shape index (κ3) is 4.47. The van der Waals surface area contributed by atoms with Gasteiger partial charge in [0.2, 0.25) is 0 Å². The minimum Gasteiger partial charge on any atom is -0.384 e. The molecule has 0 saturated heterocycles. The maximum atomic E-state index is 14.8. The number of hydrogen-bond acceptors (Lipinski definition) is 3. The van der Waals surface area contributed by atoms with Crippen molar-refractivity contribution in [1.29, 1.82) is 5.26 Å². The van der Waals surface area contributed by atoms with Crippen molar-refractivity contribution >= 4 is 5.78 Å². The molecule has 1 N–H and O–H groups in total. The van der Waals surface area contributed by atoms with Crippen molar-refractivity contribution in [2.24, 2.45) is 5.92 Å². The van der Waals surface area contributed by atoms with Crippen LogP contribution < -0.4 is 0 Å². The molecule has 0 radical (unpaired) electrons. The van der Waals surface area contributed by atoms with Gasteiger partial charge in [-0.05, 0) is 28.7 Å². The van der Waals surface area contributed by atoms with E-state index in [0.717, 1.165) is 16.7 Å². The Labute approximate surface area is 241 Å². The highest BCUT2D eigenvalue weighted by Gasteiger charge is 2.64. The fourth-order valence-corrected chi connectivity index (χ4v) is 7.02. The molecule has 0 spiro atoms. The topological polar surface area (TPSA) is 61.1 Å². The van der Waals surface area contributed by atoms with Gasteiger partial charge in [0.15, 0.2) is 5.78 Å². The maximum absolute atomic E-state index is 14.8. The molecule has 3 nitrogen and oxygen atoms in total. The number of benzene rings is 5. The number of hydrogen-bond donors (Lipinski definition) is 1. The molecule has 1 saturated carbocycles. The summed E-state index contributed by atoms with van der Waals surface area (Å²) < 4.78 is 0. The first-order valence-corrected chi connectivity index (χ1v) is 14.0. The number of nitriles is 1. The predicted molar refractivity (Wildman–Crippen MR) is 161 cm³/mol. The van der Waals surface area contributed by atoms with Gasteiger partial charge in [0.1, 0.15) is 5.60 Å². The van der Waals surface area contributed by atoms with Gasteiger partial charge in [-0.25, -0.2) is 0 Å². The summed E-state index contributed by atoms with van der Waals surface area (Å²) in [6, 6.07) is 51.1. The lowest BCUT2D eigenvalue weighted by Gasteiger charge is -2.56. The van der Waals surface area contributed by atoms with Crippen molar-refractivity contribution in [3.63, 3.8) is 0 Å². The highest BCUT2D eigenvalue weighted by molar-refractivity contribution is 6.00. The molecular formula is C38H31NO2. The van der Waals surface area contributed by atoms with Crippen LogP contribution in [0.2, 0.25) is 0 Å². The lowest BCUT2D eigenvalue weighted by Crippen LogP contribution is -2.58. The Morgan fingerprint density at radius 1 is 0.634 bits per heavy atom. The normalized spacial score (nSPS) is 25.6. The largest absolute Gasteiger partial charge is 0.384 e. The van der Waals surface area contributed by atoms with Gasteiger partial charge in [0.25, 0.3) is 0 Å². The summed E-state index contributed by atoms with van der Waals surface area (Å²) in [5.41, 5.74) is 1.14. The Morgan fingerprint density at radius 2 is 1.07 bits per heavy atom. The molecule has 1 aliphatic rings. The van der Waals surface area contributed by atoms with Crippen LogP contribution in [0.25, 0.3) is 0 Å². The van der Waals surface area contributed by atoms with E-state index in [-0.39, 0.29) is 12.2 Å². The molecule has 0 heterocycles. The molecule has 5 aromatic rings.